The van der Waals surface area contributed by atoms with Crippen LogP contribution in [-0.2, 0) is 12.4 Å². The summed E-state index contributed by atoms with van der Waals surface area (Å²) in [5.74, 6) is 2.79. The van der Waals surface area contributed by atoms with Crippen molar-refractivity contribution in [2.75, 3.05) is 0 Å². The van der Waals surface area contributed by atoms with Crippen LogP contribution >= 0.6 is 11.8 Å². The summed E-state index contributed by atoms with van der Waals surface area (Å²) in [6.07, 6.45) is 0. The van der Waals surface area contributed by atoms with Gasteiger partial charge in [-0.3, -0.25) is 0 Å². The second-order valence-electron chi connectivity index (χ2n) is 5.61. The lowest BCUT2D eigenvalue weighted by Crippen LogP contribution is -1.97. The van der Waals surface area contributed by atoms with Crippen LogP contribution < -0.4 is 4.74 Å². The van der Waals surface area contributed by atoms with Gasteiger partial charge in [0.05, 0.1) is 5.69 Å². The second-order valence-corrected chi connectivity index (χ2v) is 6.54. The van der Waals surface area contributed by atoms with E-state index >= 15 is 0 Å². The normalized spacial score (nSPS) is 11.0. The molecule has 0 aliphatic rings. The standard InChI is InChI=1S/C17H19N3O3S/c1-10-5-6-11(2)15(7-10)21-8-16-18-19-17(22-16)24-9-14-12(3)20-23-13(14)4/h5-7H,8-9H2,1-4H3. The minimum absolute atomic E-state index is 0.253. The summed E-state index contributed by atoms with van der Waals surface area (Å²) in [4.78, 5) is 0. The average molecular weight is 345 g/mol. The maximum absolute atomic E-state index is 5.78. The predicted octanol–water partition coefficient (Wildman–Crippen LogP) is 4.16. The summed E-state index contributed by atoms with van der Waals surface area (Å²) in [6.45, 7) is 8.11. The second kappa shape index (κ2) is 7.09. The van der Waals surface area contributed by atoms with Crippen LogP contribution in [0.5, 0.6) is 5.75 Å². The van der Waals surface area contributed by atoms with E-state index in [0.717, 1.165) is 33.9 Å². The number of hydrogen-bond donors (Lipinski definition) is 0. The highest BCUT2D eigenvalue weighted by Gasteiger charge is 2.13. The van der Waals surface area contributed by atoms with Crippen molar-refractivity contribution >= 4 is 11.8 Å². The first-order valence-electron chi connectivity index (χ1n) is 7.60. The summed E-state index contributed by atoms with van der Waals surface area (Å²) < 4.78 is 16.5. The fourth-order valence-corrected chi connectivity index (χ4v) is 3.13. The molecule has 2 aromatic heterocycles. The topological polar surface area (TPSA) is 74.2 Å². The molecule has 0 radical (unpaired) electrons. The fraction of sp³-hybridized carbons (Fsp3) is 0.353. The van der Waals surface area contributed by atoms with Crippen molar-refractivity contribution in [3.05, 3.63) is 52.2 Å². The quantitative estimate of drug-likeness (QED) is 0.621. The smallest absolute Gasteiger partial charge is 0.277 e. The van der Waals surface area contributed by atoms with Crippen LogP contribution in [0.4, 0.5) is 0 Å². The molecule has 0 amide bonds. The highest BCUT2D eigenvalue weighted by molar-refractivity contribution is 7.98. The highest BCUT2D eigenvalue weighted by atomic mass is 32.2. The summed E-state index contributed by atoms with van der Waals surface area (Å²) in [7, 11) is 0. The first-order chi connectivity index (χ1) is 11.5. The van der Waals surface area contributed by atoms with E-state index in [0.29, 0.717) is 16.9 Å². The first-order valence-corrected chi connectivity index (χ1v) is 8.58. The van der Waals surface area contributed by atoms with Crippen LogP contribution in [0.25, 0.3) is 0 Å². The lowest BCUT2D eigenvalue weighted by atomic mass is 10.1. The van der Waals surface area contributed by atoms with E-state index in [1.165, 1.54) is 11.8 Å². The Hall–Kier alpha value is -2.28. The van der Waals surface area contributed by atoms with Crippen molar-refractivity contribution in [2.24, 2.45) is 0 Å². The largest absolute Gasteiger partial charge is 0.484 e. The van der Waals surface area contributed by atoms with E-state index in [1.54, 1.807) is 0 Å². The molecule has 0 unspecified atom stereocenters. The molecule has 7 heteroatoms. The lowest BCUT2D eigenvalue weighted by Gasteiger charge is -2.07. The molecule has 3 aromatic rings. The van der Waals surface area contributed by atoms with Gasteiger partial charge in [-0.25, -0.2) is 0 Å². The SMILES string of the molecule is Cc1ccc(C)c(OCc2nnc(SCc3c(C)noc3C)o2)c1. The zero-order chi connectivity index (χ0) is 17.1. The molecule has 0 saturated heterocycles. The molecule has 0 N–H and O–H groups in total. The van der Waals surface area contributed by atoms with E-state index in [9.17, 15) is 0 Å². The molecule has 3 rings (SSSR count). The number of aryl methyl sites for hydroxylation is 4. The van der Waals surface area contributed by atoms with Gasteiger partial charge in [0.15, 0.2) is 6.61 Å². The monoisotopic (exact) mass is 345 g/mol. The Labute approximate surface area is 144 Å². The Morgan fingerprint density at radius 2 is 1.96 bits per heavy atom. The molecule has 126 valence electrons. The Morgan fingerprint density at radius 1 is 1.12 bits per heavy atom. The van der Waals surface area contributed by atoms with Gasteiger partial charge in [0, 0.05) is 11.3 Å². The van der Waals surface area contributed by atoms with Gasteiger partial charge in [0.1, 0.15) is 11.5 Å². The Bertz CT molecular complexity index is 822. The minimum atomic E-state index is 0.253. The Balaban J connectivity index is 1.58. The molecular weight excluding hydrogens is 326 g/mol. The van der Waals surface area contributed by atoms with E-state index in [1.807, 2.05) is 39.8 Å². The zero-order valence-electron chi connectivity index (χ0n) is 14.1. The van der Waals surface area contributed by atoms with Crippen molar-refractivity contribution in [1.29, 1.82) is 0 Å². The summed E-state index contributed by atoms with van der Waals surface area (Å²) in [6, 6.07) is 6.08. The summed E-state index contributed by atoms with van der Waals surface area (Å²) in [5, 5.41) is 12.5. The molecule has 24 heavy (non-hydrogen) atoms. The number of benzene rings is 1. The molecule has 0 fully saturated rings. The third-order valence-electron chi connectivity index (χ3n) is 3.66. The fourth-order valence-electron chi connectivity index (χ4n) is 2.20. The molecular formula is C17H19N3O3S. The van der Waals surface area contributed by atoms with Gasteiger partial charge < -0.3 is 13.7 Å². The number of aromatic nitrogens is 3. The maximum atomic E-state index is 5.78. The van der Waals surface area contributed by atoms with Crippen LogP contribution in [0.1, 0.15) is 34.0 Å². The average Bonchev–Trinajstić information content (AvgIpc) is 3.13. The van der Waals surface area contributed by atoms with Crippen LogP contribution in [0.2, 0.25) is 0 Å². The van der Waals surface area contributed by atoms with Gasteiger partial charge in [0.2, 0.25) is 0 Å². The van der Waals surface area contributed by atoms with Gasteiger partial charge in [-0.1, -0.05) is 29.1 Å². The maximum Gasteiger partial charge on any atom is 0.277 e. The molecule has 2 heterocycles. The molecule has 1 aromatic carbocycles. The third kappa shape index (κ3) is 3.79. The van der Waals surface area contributed by atoms with Crippen molar-refractivity contribution in [3.63, 3.8) is 0 Å². The van der Waals surface area contributed by atoms with E-state index in [4.69, 9.17) is 13.7 Å². The summed E-state index contributed by atoms with van der Waals surface area (Å²) >= 11 is 1.46. The van der Waals surface area contributed by atoms with E-state index in [2.05, 4.69) is 21.4 Å². The van der Waals surface area contributed by atoms with Crippen LogP contribution in [0, 0.1) is 27.7 Å². The molecule has 0 atom stereocenters. The van der Waals surface area contributed by atoms with Crippen molar-refractivity contribution in [3.8, 4) is 5.75 Å². The molecule has 0 bridgehead atoms. The number of thioether (sulfide) groups is 1. The van der Waals surface area contributed by atoms with E-state index < -0.39 is 0 Å². The number of hydrogen-bond acceptors (Lipinski definition) is 7. The number of ether oxygens (including phenoxy) is 1. The number of nitrogens with zero attached hydrogens (tertiary/aromatic N) is 3. The molecule has 0 spiro atoms. The molecule has 6 nitrogen and oxygen atoms in total. The zero-order valence-corrected chi connectivity index (χ0v) is 14.9. The van der Waals surface area contributed by atoms with Crippen molar-refractivity contribution in [1.82, 2.24) is 15.4 Å². The lowest BCUT2D eigenvalue weighted by molar-refractivity contribution is 0.250. The molecule has 0 saturated carbocycles. The van der Waals surface area contributed by atoms with E-state index in [-0.39, 0.29) is 6.61 Å². The minimum Gasteiger partial charge on any atom is -0.484 e. The van der Waals surface area contributed by atoms with Crippen LogP contribution in [-0.4, -0.2) is 15.4 Å². The van der Waals surface area contributed by atoms with Gasteiger partial charge in [-0.15, -0.1) is 10.2 Å². The van der Waals surface area contributed by atoms with Gasteiger partial charge in [-0.05, 0) is 44.9 Å². The first kappa shape index (κ1) is 16.6. The summed E-state index contributed by atoms with van der Waals surface area (Å²) in [5.41, 5.74) is 4.18. The Morgan fingerprint density at radius 3 is 2.71 bits per heavy atom. The molecule has 0 aliphatic heterocycles. The van der Waals surface area contributed by atoms with Crippen LogP contribution in [0.15, 0.2) is 32.4 Å². The third-order valence-corrected chi connectivity index (χ3v) is 4.51. The van der Waals surface area contributed by atoms with Crippen LogP contribution in [0.3, 0.4) is 0 Å². The van der Waals surface area contributed by atoms with Crippen molar-refractivity contribution < 1.29 is 13.7 Å². The van der Waals surface area contributed by atoms with Gasteiger partial charge in [0.25, 0.3) is 11.1 Å². The highest BCUT2D eigenvalue weighted by Crippen LogP contribution is 2.26. The predicted molar refractivity (Wildman–Crippen MR) is 90.1 cm³/mol. The van der Waals surface area contributed by atoms with Crippen molar-refractivity contribution in [2.45, 2.75) is 45.3 Å². The Kier molecular flexibility index (Phi) is 4.89. The van der Waals surface area contributed by atoms with Gasteiger partial charge >= 0.3 is 0 Å². The van der Waals surface area contributed by atoms with Gasteiger partial charge in [-0.2, -0.15) is 0 Å². The number of rotatable bonds is 6. The molecule has 0 aliphatic carbocycles.